The molecule has 0 bridgehead atoms. The van der Waals surface area contributed by atoms with Crippen LogP contribution in [0.2, 0.25) is 0 Å². The number of nitrogens with zero attached hydrogens (tertiary/aromatic N) is 2. The van der Waals surface area contributed by atoms with Crippen LogP contribution < -0.4 is 5.32 Å². The highest BCUT2D eigenvalue weighted by Crippen LogP contribution is 2.27. The Balaban J connectivity index is 1.79. The second-order valence-electron chi connectivity index (χ2n) is 6.17. The van der Waals surface area contributed by atoms with Gasteiger partial charge in [-0.1, -0.05) is 17.7 Å². The van der Waals surface area contributed by atoms with E-state index >= 15 is 0 Å². The number of sulfonamides is 1. The van der Waals surface area contributed by atoms with Crippen LogP contribution in [0, 0.1) is 6.92 Å². The topological polar surface area (TPSA) is 96.4 Å². The summed E-state index contributed by atoms with van der Waals surface area (Å²) in [6.45, 7) is 3.57. The molecule has 2 aromatic rings. The lowest BCUT2D eigenvalue weighted by molar-refractivity contribution is -0.119. The molecule has 9 heteroatoms. The lowest BCUT2D eigenvalue weighted by Gasteiger charge is -2.23. The van der Waals surface area contributed by atoms with Crippen molar-refractivity contribution in [3.05, 3.63) is 40.9 Å². The van der Waals surface area contributed by atoms with Gasteiger partial charge in [0.05, 0.1) is 4.90 Å². The first-order chi connectivity index (χ1) is 12.3. The molecule has 1 N–H and O–H groups in total. The molecule has 1 saturated heterocycles. The first-order valence-corrected chi connectivity index (χ1v) is 10.5. The van der Waals surface area contributed by atoms with E-state index in [0.717, 1.165) is 16.9 Å². The summed E-state index contributed by atoms with van der Waals surface area (Å²) < 4.78 is 27.0. The molecular weight excluding hydrogens is 374 g/mol. The van der Waals surface area contributed by atoms with Crippen molar-refractivity contribution in [2.75, 3.05) is 11.9 Å². The van der Waals surface area contributed by atoms with Crippen molar-refractivity contribution in [3.63, 3.8) is 0 Å². The predicted molar refractivity (Wildman–Crippen MR) is 98.8 cm³/mol. The fraction of sp³-hybridized carbons (Fsp3) is 0.353. The first kappa shape index (κ1) is 18.7. The van der Waals surface area contributed by atoms with Gasteiger partial charge in [0.25, 0.3) is 0 Å². The summed E-state index contributed by atoms with van der Waals surface area (Å²) in [5, 5.41) is 4.49. The van der Waals surface area contributed by atoms with E-state index in [2.05, 4.69) is 10.3 Å². The zero-order valence-corrected chi connectivity index (χ0v) is 16.1. The summed E-state index contributed by atoms with van der Waals surface area (Å²) in [5.41, 5.74) is 1.24. The van der Waals surface area contributed by atoms with Crippen molar-refractivity contribution in [1.82, 2.24) is 9.29 Å². The van der Waals surface area contributed by atoms with Crippen LogP contribution in [0.15, 0.2) is 34.5 Å². The minimum Gasteiger partial charge on any atom is -0.301 e. The van der Waals surface area contributed by atoms with Crippen molar-refractivity contribution < 1.29 is 18.0 Å². The third kappa shape index (κ3) is 3.69. The number of carbonyl (C=O) groups is 2. The van der Waals surface area contributed by atoms with Crippen LogP contribution in [0.4, 0.5) is 5.13 Å². The normalized spacial score (nSPS) is 18.0. The zero-order valence-electron chi connectivity index (χ0n) is 14.4. The largest absolute Gasteiger partial charge is 0.301 e. The average Bonchev–Trinajstić information content (AvgIpc) is 3.24. The summed E-state index contributed by atoms with van der Waals surface area (Å²) >= 11 is 1.14. The molecule has 1 amide bonds. The minimum atomic E-state index is -3.75. The molecule has 1 fully saturated rings. The van der Waals surface area contributed by atoms with Gasteiger partial charge >= 0.3 is 0 Å². The molecule has 26 heavy (non-hydrogen) atoms. The summed E-state index contributed by atoms with van der Waals surface area (Å²) in [7, 11) is -3.75. The molecule has 0 saturated carbocycles. The Morgan fingerprint density at radius 2 is 1.96 bits per heavy atom. The van der Waals surface area contributed by atoms with Gasteiger partial charge in [0, 0.05) is 18.8 Å². The number of nitrogens with one attached hydrogen (secondary N) is 1. The summed E-state index contributed by atoms with van der Waals surface area (Å²) in [4.78, 5) is 28.1. The van der Waals surface area contributed by atoms with Gasteiger partial charge in [0.1, 0.15) is 11.7 Å². The predicted octanol–water partition coefficient (Wildman–Crippen LogP) is 2.45. The fourth-order valence-corrected chi connectivity index (χ4v) is 5.23. The smallest absolute Gasteiger partial charge is 0.244 e. The van der Waals surface area contributed by atoms with Crippen LogP contribution >= 0.6 is 11.3 Å². The molecule has 0 aliphatic carbocycles. The molecule has 3 rings (SSSR count). The Morgan fingerprint density at radius 1 is 1.27 bits per heavy atom. The maximum Gasteiger partial charge on any atom is 0.244 e. The zero-order chi connectivity index (χ0) is 18.9. The second kappa shape index (κ2) is 7.26. The maximum absolute atomic E-state index is 12.9. The van der Waals surface area contributed by atoms with E-state index in [-0.39, 0.29) is 16.4 Å². The van der Waals surface area contributed by atoms with E-state index in [1.165, 1.54) is 11.2 Å². The van der Waals surface area contributed by atoms with Crippen molar-refractivity contribution >= 4 is 38.2 Å². The highest BCUT2D eigenvalue weighted by atomic mass is 32.2. The number of rotatable bonds is 5. The second-order valence-corrected chi connectivity index (χ2v) is 8.92. The number of hydrogen-bond donors (Lipinski definition) is 1. The molecule has 1 aromatic heterocycles. The van der Waals surface area contributed by atoms with Crippen LogP contribution in [0.5, 0.6) is 0 Å². The summed E-state index contributed by atoms with van der Waals surface area (Å²) in [5.74, 6) is -0.617. The van der Waals surface area contributed by atoms with Gasteiger partial charge in [-0.05, 0) is 31.9 Å². The number of ketones is 1. The van der Waals surface area contributed by atoms with Crippen LogP contribution in [-0.4, -0.2) is 42.0 Å². The van der Waals surface area contributed by atoms with Gasteiger partial charge in [0.15, 0.2) is 10.9 Å². The number of benzene rings is 1. The Kier molecular flexibility index (Phi) is 5.22. The van der Waals surface area contributed by atoms with Crippen molar-refractivity contribution in [2.45, 2.75) is 37.6 Å². The van der Waals surface area contributed by atoms with Crippen molar-refractivity contribution in [1.29, 1.82) is 0 Å². The lowest BCUT2D eigenvalue weighted by Crippen LogP contribution is -2.43. The quantitative estimate of drug-likeness (QED) is 0.787. The Hall–Kier alpha value is -2.10. The van der Waals surface area contributed by atoms with Gasteiger partial charge < -0.3 is 5.32 Å². The summed E-state index contributed by atoms with van der Waals surface area (Å²) in [6, 6.07) is 5.79. The van der Waals surface area contributed by atoms with Gasteiger partial charge in [0.2, 0.25) is 15.9 Å². The molecule has 0 radical (unpaired) electrons. The van der Waals surface area contributed by atoms with Gasteiger partial charge in [-0.3, -0.25) is 9.59 Å². The number of anilines is 1. The van der Waals surface area contributed by atoms with Crippen LogP contribution in [0.25, 0.3) is 0 Å². The van der Waals surface area contributed by atoms with Crippen molar-refractivity contribution in [3.8, 4) is 0 Å². The Labute approximate surface area is 156 Å². The van der Waals surface area contributed by atoms with Gasteiger partial charge in [-0.15, -0.1) is 11.3 Å². The van der Waals surface area contributed by atoms with E-state index in [0.29, 0.717) is 24.5 Å². The maximum atomic E-state index is 12.9. The molecule has 1 aromatic carbocycles. The molecule has 7 nitrogen and oxygen atoms in total. The van der Waals surface area contributed by atoms with Crippen LogP contribution in [-0.2, 0) is 14.8 Å². The molecule has 1 aliphatic heterocycles. The molecular formula is C17H19N3O4S2. The number of aryl methyl sites for hydroxylation is 1. The third-order valence-corrected chi connectivity index (χ3v) is 6.91. The number of Topliss-reactive ketones (excluding diaryl/α,β-unsaturated/α-hetero) is 1. The first-order valence-electron chi connectivity index (χ1n) is 8.15. The molecule has 2 heterocycles. The van der Waals surface area contributed by atoms with E-state index in [9.17, 15) is 18.0 Å². The highest BCUT2D eigenvalue weighted by molar-refractivity contribution is 7.89. The molecule has 138 valence electrons. The average molecular weight is 393 g/mol. The van der Waals surface area contributed by atoms with Crippen LogP contribution in [0.3, 0.4) is 0 Å². The number of carbonyl (C=O) groups excluding carboxylic acids is 2. The van der Waals surface area contributed by atoms with Crippen molar-refractivity contribution in [2.24, 2.45) is 0 Å². The monoisotopic (exact) mass is 393 g/mol. The molecule has 1 aliphatic rings. The van der Waals surface area contributed by atoms with Crippen LogP contribution in [0.1, 0.15) is 35.8 Å². The van der Waals surface area contributed by atoms with Gasteiger partial charge in [-0.2, -0.15) is 4.31 Å². The highest BCUT2D eigenvalue weighted by Gasteiger charge is 2.39. The fourth-order valence-electron chi connectivity index (χ4n) is 2.82. The number of hydrogen-bond acceptors (Lipinski definition) is 6. The number of amides is 1. The van der Waals surface area contributed by atoms with E-state index in [4.69, 9.17) is 0 Å². The standard InChI is InChI=1S/C17H19N3O4S2/c1-11-5-7-13(8-6-11)26(23,24)20-9-3-4-15(20)16(22)19-17-18-14(10-25-17)12(2)21/h5-8,10,15H,3-4,9H2,1-2H3,(H,18,19,22)/t15-/m0/s1. The Morgan fingerprint density at radius 3 is 2.58 bits per heavy atom. The number of aromatic nitrogens is 1. The van der Waals surface area contributed by atoms with E-state index < -0.39 is 22.0 Å². The molecule has 0 spiro atoms. The third-order valence-electron chi connectivity index (χ3n) is 4.23. The Bertz CT molecular complexity index is 935. The van der Waals surface area contributed by atoms with Gasteiger partial charge in [-0.25, -0.2) is 13.4 Å². The number of thiazole rings is 1. The molecule has 0 unspecified atom stereocenters. The molecule has 1 atom stereocenters. The van der Waals surface area contributed by atoms with E-state index in [1.54, 1.807) is 29.6 Å². The SMILES string of the molecule is CC(=O)c1csc(NC(=O)[C@@H]2CCCN2S(=O)(=O)c2ccc(C)cc2)n1. The lowest BCUT2D eigenvalue weighted by atomic mass is 10.2. The van der Waals surface area contributed by atoms with E-state index in [1.807, 2.05) is 6.92 Å². The summed E-state index contributed by atoms with van der Waals surface area (Å²) in [6.07, 6.45) is 1.06. The minimum absolute atomic E-state index is 0.177.